The van der Waals surface area contributed by atoms with Crippen molar-refractivity contribution in [2.75, 3.05) is 11.7 Å². The van der Waals surface area contributed by atoms with Crippen molar-refractivity contribution in [2.45, 2.75) is 19.3 Å². The van der Waals surface area contributed by atoms with Crippen molar-refractivity contribution in [1.29, 1.82) is 0 Å². The van der Waals surface area contributed by atoms with E-state index in [4.69, 9.17) is 9.47 Å². The van der Waals surface area contributed by atoms with Crippen LogP contribution in [0.5, 0.6) is 11.5 Å². The quantitative estimate of drug-likeness (QED) is 0.172. The highest BCUT2D eigenvalue weighted by Gasteiger charge is 2.37. The summed E-state index contributed by atoms with van der Waals surface area (Å²) >= 11 is 0. The standard InChI is InChI=1S/C48H35NO2/c1-48(2)43-17-9-8-15-38(43)41-28-42(39-16-10-18-46-47(39)51-30-50-46)45(29-44(41)48)49(35-24-21-32(22-25-35)31-11-4-3-5-12-31)36-26-23-34-20-19-33-13-6-7-14-37(33)40(34)27-36/h3-29H,30H2,1-2H3. The fourth-order valence-electron chi connectivity index (χ4n) is 8.27. The molecule has 1 aliphatic heterocycles. The molecule has 0 saturated carbocycles. The zero-order valence-corrected chi connectivity index (χ0v) is 28.6. The summed E-state index contributed by atoms with van der Waals surface area (Å²) in [6.45, 7) is 4.91. The van der Waals surface area contributed by atoms with Crippen molar-refractivity contribution in [3.8, 4) is 44.9 Å². The van der Waals surface area contributed by atoms with E-state index >= 15 is 0 Å². The Bertz CT molecular complexity index is 2640. The summed E-state index contributed by atoms with van der Waals surface area (Å²) in [5, 5.41) is 4.92. The van der Waals surface area contributed by atoms with Gasteiger partial charge in [-0.05, 0) is 97.4 Å². The molecule has 244 valence electrons. The summed E-state index contributed by atoms with van der Waals surface area (Å²) in [7, 11) is 0. The van der Waals surface area contributed by atoms with E-state index in [1.807, 2.05) is 6.07 Å². The maximum Gasteiger partial charge on any atom is 0.231 e. The molecule has 8 aromatic carbocycles. The average molecular weight is 658 g/mol. The molecular weight excluding hydrogens is 623 g/mol. The van der Waals surface area contributed by atoms with Gasteiger partial charge in [0.1, 0.15) is 0 Å². The Kier molecular flexibility index (Phi) is 6.59. The summed E-state index contributed by atoms with van der Waals surface area (Å²) in [5.74, 6) is 1.56. The van der Waals surface area contributed by atoms with Crippen molar-refractivity contribution in [3.63, 3.8) is 0 Å². The van der Waals surface area contributed by atoms with Gasteiger partial charge in [0, 0.05) is 27.9 Å². The maximum absolute atomic E-state index is 6.19. The highest BCUT2D eigenvalue weighted by atomic mass is 16.7. The van der Waals surface area contributed by atoms with Gasteiger partial charge in [0.05, 0.1) is 5.69 Å². The fraction of sp³-hybridized carbons (Fsp3) is 0.0833. The van der Waals surface area contributed by atoms with Crippen molar-refractivity contribution in [1.82, 2.24) is 0 Å². The molecule has 0 atom stereocenters. The lowest BCUT2D eigenvalue weighted by Crippen LogP contribution is -2.17. The van der Waals surface area contributed by atoms with Crippen molar-refractivity contribution >= 4 is 38.6 Å². The largest absolute Gasteiger partial charge is 0.454 e. The minimum atomic E-state index is -0.181. The Hall–Kier alpha value is -6.32. The SMILES string of the molecule is CC1(C)c2ccccc2-c2cc(-c3cccc4c3OCO4)c(N(c3ccc(-c4ccccc4)cc3)c3ccc4ccc5ccccc5c4c3)cc21. The number of anilines is 3. The first-order chi connectivity index (χ1) is 25.0. The predicted octanol–water partition coefficient (Wildman–Crippen LogP) is 12.8. The van der Waals surface area contributed by atoms with Crippen molar-refractivity contribution in [3.05, 3.63) is 175 Å². The molecule has 0 amide bonds. The first kappa shape index (κ1) is 29.6. The summed E-state index contributed by atoms with van der Waals surface area (Å²) in [4.78, 5) is 2.43. The monoisotopic (exact) mass is 657 g/mol. The van der Waals surface area contributed by atoms with Crippen molar-refractivity contribution in [2.24, 2.45) is 0 Å². The Balaban J connectivity index is 1.27. The second-order valence-corrected chi connectivity index (χ2v) is 14.1. The Morgan fingerprint density at radius 2 is 1.16 bits per heavy atom. The first-order valence-electron chi connectivity index (χ1n) is 17.6. The molecule has 0 N–H and O–H groups in total. The number of hydrogen-bond acceptors (Lipinski definition) is 3. The third-order valence-electron chi connectivity index (χ3n) is 10.8. The van der Waals surface area contributed by atoms with E-state index in [1.54, 1.807) is 0 Å². The number of ether oxygens (including phenoxy) is 2. The molecule has 2 aliphatic rings. The molecular formula is C48H35NO2. The smallest absolute Gasteiger partial charge is 0.231 e. The molecule has 8 aromatic rings. The van der Waals surface area contributed by atoms with Crippen LogP contribution in [0.25, 0.3) is 54.9 Å². The van der Waals surface area contributed by atoms with Crippen LogP contribution in [-0.4, -0.2) is 6.79 Å². The highest BCUT2D eigenvalue weighted by Crippen LogP contribution is 2.55. The lowest BCUT2D eigenvalue weighted by atomic mass is 9.81. The van der Waals surface area contributed by atoms with Gasteiger partial charge in [0.25, 0.3) is 0 Å². The molecule has 0 fully saturated rings. The highest BCUT2D eigenvalue weighted by molar-refractivity contribution is 6.09. The lowest BCUT2D eigenvalue weighted by molar-refractivity contribution is 0.174. The molecule has 1 heterocycles. The molecule has 0 bridgehead atoms. The minimum Gasteiger partial charge on any atom is -0.454 e. The van der Waals surface area contributed by atoms with E-state index in [1.165, 1.54) is 54.9 Å². The van der Waals surface area contributed by atoms with Gasteiger partial charge in [0.15, 0.2) is 11.5 Å². The molecule has 0 spiro atoms. The zero-order valence-electron chi connectivity index (χ0n) is 28.6. The molecule has 0 unspecified atom stereocenters. The van der Waals surface area contributed by atoms with E-state index in [0.29, 0.717) is 0 Å². The maximum atomic E-state index is 6.19. The van der Waals surface area contributed by atoms with Crippen LogP contribution in [0.2, 0.25) is 0 Å². The van der Waals surface area contributed by atoms with Crippen LogP contribution in [0.1, 0.15) is 25.0 Å². The van der Waals surface area contributed by atoms with E-state index in [2.05, 4.69) is 176 Å². The minimum absolute atomic E-state index is 0.181. The number of para-hydroxylation sites is 1. The van der Waals surface area contributed by atoms with Gasteiger partial charge < -0.3 is 14.4 Å². The molecule has 3 heteroatoms. The second-order valence-electron chi connectivity index (χ2n) is 14.1. The summed E-state index contributed by atoms with van der Waals surface area (Å²) in [6.07, 6.45) is 0. The van der Waals surface area contributed by atoms with Gasteiger partial charge in [-0.2, -0.15) is 0 Å². The van der Waals surface area contributed by atoms with Gasteiger partial charge in [0.2, 0.25) is 6.79 Å². The average Bonchev–Trinajstić information content (AvgIpc) is 3.76. The third-order valence-corrected chi connectivity index (χ3v) is 10.8. The third kappa shape index (κ3) is 4.65. The molecule has 0 saturated heterocycles. The number of benzene rings is 8. The van der Waals surface area contributed by atoms with Gasteiger partial charge in [-0.25, -0.2) is 0 Å². The molecule has 0 aromatic heterocycles. The molecule has 51 heavy (non-hydrogen) atoms. The van der Waals surface area contributed by atoms with Crippen LogP contribution in [0, 0.1) is 0 Å². The Morgan fingerprint density at radius 3 is 2.02 bits per heavy atom. The molecule has 3 nitrogen and oxygen atoms in total. The number of rotatable bonds is 5. The molecule has 10 rings (SSSR count). The Labute approximate surface area is 298 Å². The van der Waals surface area contributed by atoms with Crippen molar-refractivity contribution < 1.29 is 9.47 Å². The normalized spacial score (nSPS) is 13.7. The van der Waals surface area contributed by atoms with E-state index in [0.717, 1.165) is 39.7 Å². The van der Waals surface area contributed by atoms with Crippen LogP contribution in [0.4, 0.5) is 17.1 Å². The lowest BCUT2D eigenvalue weighted by Gasteiger charge is -2.31. The van der Waals surface area contributed by atoms with E-state index in [-0.39, 0.29) is 12.2 Å². The van der Waals surface area contributed by atoms with Gasteiger partial charge >= 0.3 is 0 Å². The zero-order chi connectivity index (χ0) is 34.1. The van der Waals surface area contributed by atoms with E-state index < -0.39 is 0 Å². The van der Waals surface area contributed by atoms with Gasteiger partial charge in [-0.1, -0.05) is 135 Å². The summed E-state index contributed by atoms with van der Waals surface area (Å²) in [6, 6.07) is 59.4. The Morgan fingerprint density at radius 1 is 0.471 bits per heavy atom. The summed E-state index contributed by atoms with van der Waals surface area (Å²) in [5.41, 5.74) is 12.8. The molecule has 1 aliphatic carbocycles. The first-order valence-corrected chi connectivity index (χ1v) is 17.6. The topological polar surface area (TPSA) is 21.7 Å². The van der Waals surface area contributed by atoms with Crippen LogP contribution in [0.3, 0.4) is 0 Å². The second kappa shape index (κ2) is 11.4. The van der Waals surface area contributed by atoms with E-state index in [9.17, 15) is 0 Å². The fourth-order valence-corrected chi connectivity index (χ4v) is 8.27. The van der Waals surface area contributed by atoms with Crippen LogP contribution in [0.15, 0.2) is 164 Å². The van der Waals surface area contributed by atoms with Crippen LogP contribution in [-0.2, 0) is 5.41 Å². The number of nitrogens with zero attached hydrogens (tertiary/aromatic N) is 1. The van der Waals surface area contributed by atoms with Gasteiger partial charge in [-0.3, -0.25) is 0 Å². The van der Waals surface area contributed by atoms with Crippen LogP contribution >= 0.6 is 0 Å². The predicted molar refractivity (Wildman–Crippen MR) is 211 cm³/mol. The number of hydrogen-bond donors (Lipinski definition) is 0. The summed E-state index contributed by atoms with van der Waals surface area (Å²) < 4.78 is 12.1. The number of fused-ring (bicyclic) bond motifs is 7. The van der Waals surface area contributed by atoms with Gasteiger partial charge in [-0.15, -0.1) is 0 Å². The van der Waals surface area contributed by atoms with Crippen LogP contribution < -0.4 is 14.4 Å². The molecule has 0 radical (unpaired) electrons.